The summed E-state index contributed by atoms with van der Waals surface area (Å²) in [5, 5.41) is 3.01. The molecule has 5 heteroatoms. The number of likely N-dealkylation sites (N-methyl/N-ethyl adjacent to an activating group) is 1. The molecule has 0 bridgehead atoms. The number of amides is 2. The van der Waals surface area contributed by atoms with E-state index in [0.29, 0.717) is 22.1 Å². The summed E-state index contributed by atoms with van der Waals surface area (Å²) in [4.78, 5) is 26.1. The van der Waals surface area contributed by atoms with Crippen LogP contribution in [-0.4, -0.2) is 35.8 Å². The lowest BCUT2D eigenvalue weighted by molar-refractivity contribution is 0.0483. The molecular formula is C13H15BrN2O2. The van der Waals surface area contributed by atoms with E-state index in [0.717, 1.165) is 0 Å². The van der Waals surface area contributed by atoms with Crippen molar-refractivity contribution in [2.24, 2.45) is 0 Å². The second kappa shape index (κ2) is 4.48. The van der Waals surface area contributed by atoms with E-state index in [1.54, 1.807) is 25.2 Å². The second-order valence-electron chi connectivity index (χ2n) is 4.95. The highest BCUT2D eigenvalue weighted by molar-refractivity contribution is 9.10. The lowest BCUT2D eigenvalue weighted by atomic mass is 10.0. The number of benzene rings is 1. The van der Waals surface area contributed by atoms with E-state index in [4.69, 9.17) is 0 Å². The Morgan fingerprint density at radius 3 is 2.50 bits per heavy atom. The number of hydrogen-bond acceptors (Lipinski definition) is 3. The molecule has 0 aliphatic carbocycles. The van der Waals surface area contributed by atoms with Crippen LogP contribution in [0.3, 0.4) is 0 Å². The van der Waals surface area contributed by atoms with Gasteiger partial charge in [-0.1, -0.05) is 6.07 Å². The van der Waals surface area contributed by atoms with Crippen LogP contribution in [0, 0.1) is 0 Å². The van der Waals surface area contributed by atoms with Crippen molar-refractivity contribution in [1.29, 1.82) is 0 Å². The number of nitrogens with zero attached hydrogens (tertiary/aromatic N) is 1. The van der Waals surface area contributed by atoms with Crippen LogP contribution in [0.5, 0.6) is 0 Å². The van der Waals surface area contributed by atoms with E-state index in [-0.39, 0.29) is 11.8 Å². The highest BCUT2D eigenvalue weighted by atomic mass is 79.9. The Labute approximate surface area is 114 Å². The average Bonchev–Trinajstić information content (AvgIpc) is 2.53. The van der Waals surface area contributed by atoms with Crippen LogP contribution in [0.1, 0.15) is 34.6 Å². The number of carbonyl (C=O) groups excluding carboxylic acids is 2. The maximum absolute atomic E-state index is 12.4. The molecule has 96 valence electrons. The Morgan fingerprint density at radius 1 is 1.28 bits per heavy atom. The van der Waals surface area contributed by atoms with Gasteiger partial charge >= 0.3 is 0 Å². The highest BCUT2D eigenvalue weighted by Crippen LogP contribution is 2.33. The van der Waals surface area contributed by atoms with Crippen LogP contribution in [-0.2, 0) is 0 Å². The summed E-state index contributed by atoms with van der Waals surface area (Å²) < 4.78 is 0.668. The van der Waals surface area contributed by atoms with Gasteiger partial charge in [0.2, 0.25) is 0 Å². The van der Waals surface area contributed by atoms with Crippen LogP contribution in [0.4, 0.5) is 0 Å². The minimum atomic E-state index is -0.554. The zero-order chi connectivity index (χ0) is 13.5. The summed E-state index contributed by atoms with van der Waals surface area (Å²) >= 11 is 3.33. The first-order valence-electron chi connectivity index (χ1n) is 5.72. The predicted molar refractivity (Wildman–Crippen MR) is 72.6 cm³/mol. The molecule has 1 heterocycles. The van der Waals surface area contributed by atoms with Crippen molar-refractivity contribution in [1.82, 2.24) is 10.2 Å². The molecule has 1 aromatic rings. The fraction of sp³-hybridized carbons (Fsp3) is 0.385. The van der Waals surface area contributed by atoms with E-state index in [1.165, 1.54) is 4.90 Å². The molecule has 0 unspecified atom stereocenters. The Balaban J connectivity index is 2.50. The number of fused-ring (bicyclic) bond motifs is 1. The molecule has 0 aromatic heterocycles. The predicted octanol–water partition coefficient (Wildman–Crippen LogP) is 2.04. The highest BCUT2D eigenvalue weighted by Gasteiger charge is 2.44. The molecule has 0 saturated heterocycles. The van der Waals surface area contributed by atoms with E-state index in [2.05, 4.69) is 21.2 Å². The molecular weight excluding hydrogens is 296 g/mol. The van der Waals surface area contributed by atoms with Gasteiger partial charge in [0.05, 0.1) is 16.7 Å². The SMILES string of the molecule is CNCC(C)(C)N1C(=O)c2cccc(Br)c2C1=O. The van der Waals surface area contributed by atoms with Gasteiger partial charge in [0.1, 0.15) is 0 Å². The summed E-state index contributed by atoms with van der Waals surface area (Å²) in [5.74, 6) is -0.459. The van der Waals surface area contributed by atoms with Crippen molar-refractivity contribution < 1.29 is 9.59 Å². The van der Waals surface area contributed by atoms with Crippen LogP contribution < -0.4 is 5.32 Å². The van der Waals surface area contributed by atoms with Crippen molar-refractivity contribution in [2.75, 3.05) is 13.6 Å². The minimum Gasteiger partial charge on any atom is -0.317 e. The molecule has 2 amide bonds. The molecule has 0 radical (unpaired) electrons. The lowest BCUT2D eigenvalue weighted by Crippen LogP contribution is -2.52. The zero-order valence-corrected chi connectivity index (χ0v) is 12.2. The quantitative estimate of drug-likeness (QED) is 0.869. The minimum absolute atomic E-state index is 0.225. The van der Waals surface area contributed by atoms with Crippen LogP contribution in [0.15, 0.2) is 22.7 Å². The Hall–Kier alpha value is -1.20. The van der Waals surface area contributed by atoms with Gasteiger partial charge in [0, 0.05) is 11.0 Å². The smallest absolute Gasteiger partial charge is 0.263 e. The first-order chi connectivity index (χ1) is 8.40. The van der Waals surface area contributed by atoms with Gasteiger partial charge in [-0.05, 0) is 49.0 Å². The van der Waals surface area contributed by atoms with Gasteiger partial charge in [-0.15, -0.1) is 0 Å². The van der Waals surface area contributed by atoms with Gasteiger partial charge in [-0.25, -0.2) is 0 Å². The fourth-order valence-electron chi connectivity index (χ4n) is 2.31. The van der Waals surface area contributed by atoms with Crippen molar-refractivity contribution in [3.05, 3.63) is 33.8 Å². The molecule has 0 spiro atoms. The first-order valence-corrected chi connectivity index (χ1v) is 6.51. The normalized spacial score (nSPS) is 15.2. The van der Waals surface area contributed by atoms with Gasteiger partial charge in [0.25, 0.3) is 11.8 Å². The van der Waals surface area contributed by atoms with Gasteiger partial charge < -0.3 is 5.32 Å². The molecule has 1 aliphatic rings. The Bertz CT molecular complexity index is 526. The van der Waals surface area contributed by atoms with E-state index >= 15 is 0 Å². The van der Waals surface area contributed by atoms with E-state index < -0.39 is 5.54 Å². The summed E-state index contributed by atoms with van der Waals surface area (Å²) in [5.41, 5.74) is 0.381. The summed E-state index contributed by atoms with van der Waals surface area (Å²) in [6.45, 7) is 4.30. The fourth-order valence-corrected chi connectivity index (χ4v) is 2.84. The number of imide groups is 1. The largest absolute Gasteiger partial charge is 0.317 e. The zero-order valence-electron chi connectivity index (χ0n) is 10.6. The number of nitrogens with one attached hydrogen (secondary N) is 1. The maximum atomic E-state index is 12.4. The number of rotatable bonds is 3. The maximum Gasteiger partial charge on any atom is 0.263 e. The van der Waals surface area contributed by atoms with Gasteiger partial charge in [-0.2, -0.15) is 0 Å². The Morgan fingerprint density at radius 2 is 1.94 bits per heavy atom. The molecule has 18 heavy (non-hydrogen) atoms. The van der Waals surface area contributed by atoms with Crippen molar-refractivity contribution in [2.45, 2.75) is 19.4 Å². The summed E-state index contributed by atoms with van der Waals surface area (Å²) in [6.07, 6.45) is 0. The van der Waals surface area contributed by atoms with E-state index in [1.807, 2.05) is 13.8 Å². The standard InChI is InChI=1S/C13H15BrN2O2/c1-13(2,7-15-3)16-11(17)8-5-4-6-9(14)10(8)12(16)18/h4-6,15H,7H2,1-3H3. The Kier molecular flexibility index (Phi) is 3.29. The molecule has 1 aliphatic heterocycles. The molecule has 0 saturated carbocycles. The molecule has 1 aromatic carbocycles. The molecule has 0 fully saturated rings. The molecule has 2 rings (SSSR count). The van der Waals surface area contributed by atoms with Crippen molar-refractivity contribution >= 4 is 27.7 Å². The van der Waals surface area contributed by atoms with Crippen LogP contribution >= 0.6 is 15.9 Å². The third-order valence-electron chi connectivity index (χ3n) is 3.08. The monoisotopic (exact) mass is 310 g/mol. The summed E-state index contributed by atoms with van der Waals surface area (Å²) in [6, 6.07) is 5.23. The number of carbonyl (C=O) groups is 2. The van der Waals surface area contributed by atoms with Crippen LogP contribution in [0.2, 0.25) is 0 Å². The molecule has 1 N–H and O–H groups in total. The third-order valence-corrected chi connectivity index (χ3v) is 3.74. The lowest BCUT2D eigenvalue weighted by Gasteiger charge is -2.33. The summed E-state index contributed by atoms with van der Waals surface area (Å²) in [7, 11) is 1.80. The average molecular weight is 311 g/mol. The molecule has 4 nitrogen and oxygen atoms in total. The van der Waals surface area contributed by atoms with E-state index in [9.17, 15) is 9.59 Å². The topological polar surface area (TPSA) is 49.4 Å². The third kappa shape index (κ3) is 1.87. The molecule has 0 atom stereocenters. The van der Waals surface area contributed by atoms with Gasteiger partial charge in [0.15, 0.2) is 0 Å². The van der Waals surface area contributed by atoms with Crippen molar-refractivity contribution in [3.8, 4) is 0 Å². The number of halogens is 1. The first kappa shape index (κ1) is 13.2. The number of hydrogen-bond donors (Lipinski definition) is 1. The van der Waals surface area contributed by atoms with Crippen molar-refractivity contribution in [3.63, 3.8) is 0 Å². The van der Waals surface area contributed by atoms with Crippen LogP contribution in [0.25, 0.3) is 0 Å². The second-order valence-corrected chi connectivity index (χ2v) is 5.81. The van der Waals surface area contributed by atoms with Gasteiger partial charge in [-0.3, -0.25) is 14.5 Å².